The Labute approximate surface area is 148 Å². The van der Waals surface area contributed by atoms with E-state index in [-0.39, 0.29) is 17.0 Å². The van der Waals surface area contributed by atoms with E-state index in [4.69, 9.17) is 5.26 Å². The first-order valence-corrected chi connectivity index (χ1v) is 8.52. The summed E-state index contributed by atoms with van der Waals surface area (Å²) in [6.45, 7) is 16.3. The summed E-state index contributed by atoms with van der Waals surface area (Å²) in [5, 5.41) is 8.92. The van der Waals surface area contributed by atoms with Gasteiger partial charge in [0.2, 0.25) is 18.1 Å². The molecular formula is C18H35N5O. The molecule has 1 fully saturated rings. The highest BCUT2D eigenvalue weighted by molar-refractivity contribution is 5.95. The van der Waals surface area contributed by atoms with Crippen LogP contribution in [-0.2, 0) is 4.79 Å². The van der Waals surface area contributed by atoms with Gasteiger partial charge >= 0.3 is 0 Å². The van der Waals surface area contributed by atoms with Gasteiger partial charge in [-0.15, -0.1) is 4.99 Å². The quantitative estimate of drug-likeness (QED) is 0.419. The van der Waals surface area contributed by atoms with Gasteiger partial charge in [0.05, 0.1) is 0 Å². The van der Waals surface area contributed by atoms with Crippen LogP contribution < -0.4 is 0 Å². The van der Waals surface area contributed by atoms with E-state index in [0.717, 1.165) is 0 Å². The lowest BCUT2D eigenvalue weighted by Gasteiger charge is -2.42. The Morgan fingerprint density at radius 3 is 1.96 bits per heavy atom. The van der Waals surface area contributed by atoms with Crippen molar-refractivity contribution in [3.05, 3.63) is 0 Å². The van der Waals surface area contributed by atoms with E-state index in [0.29, 0.717) is 12.4 Å². The van der Waals surface area contributed by atoms with Crippen LogP contribution in [0.3, 0.4) is 0 Å². The van der Waals surface area contributed by atoms with Crippen LogP contribution in [0.4, 0.5) is 0 Å². The van der Waals surface area contributed by atoms with Crippen molar-refractivity contribution in [2.24, 2.45) is 4.99 Å². The number of rotatable bonds is 1. The van der Waals surface area contributed by atoms with Crippen LogP contribution in [0.1, 0.15) is 61.8 Å². The van der Waals surface area contributed by atoms with Crippen molar-refractivity contribution >= 4 is 11.9 Å². The molecule has 1 amide bonds. The summed E-state index contributed by atoms with van der Waals surface area (Å²) < 4.78 is 0. The second kappa shape index (κ2) is 7.42. The molecule has 1 aliphatic heterocycles. The minimum absolute atomic E-state index is 0.0694. The molecule has 0 aromatic rings. The fourth-order valence-corrected chi connectivity index (χ4v) is 3.73. The number of nitriles is 1. The third kappa shape index (κ3) is 4.00. The van der Waals surface area contributed by atoms with Crippen molar-refractivity contribution in [1.29, 1.82) is 5.26 Å². The predicted octanol–water partition coefficient (Wildman–Crippen LogP) is 2.91. The SMILES string of the molecule is CC.CN(C)C(=NC#N)N(C)C1(C)CC(C)(C)N(C(C)(C)C)C1=O. The molecule has 0 aliphatic carbocycles. The van der Waals surface area contributed by atoms with Gasteiger partial charge in [-0.1, -0.05) is 13.8 Å². The molecule has 24 heavy (non-hydrogen) atoms. The second-order valence-corrected chi connectivity index (χ2v) is 8.04. The zero-order chi connectivity index (χ0) is 19.5. The predicted molar refractivity (Wildman–Crippen MR) is 99.5 cm³/mol. The van der Waals surface area contributed by atoms with Crippen molar-refractivity contribution in [2.45, 2.75) is 78.4 Å². The Hall–Kier alpha value is -1.77. The molecule has 1 atom stereocenters. The summed E-state index contributed by atoms with van der Waals surface area (Å²) in [7, 11) is 5.47. The van der Waals surface area contributed by atoms with Crippen molar-refractivity contribution < 1.29 is 4.79 Å². The van der Waals surface area contributed by atoms with E-state index >= 15 is 0 Å². The van der Waals surface area contributed by atoms with Crippen molar-refractivity contribution in [2.75, 3.05) is 21.1 Å². The number of carbonyl (C=O) groups is 1. The van der Waals surface area contributed by atoms with Gasteiger partial charge in [-0.05, 0) is 41.5 Å². The van der Waals surface area contributed by atoms with Crippen LogP contribution in [0, 0.1) is 11.5 Å². The van der Waals surface area contributed by atoms with E-state index in [1.807, 2.05) is 57.9 Å². The zero-order valence-corrected chi connectivity index (χ0v) is 17.4. The van der Waals surface area contributed by atoms with E-state index in [1.54, 1.807) is 4.90 Å². The molecule has 0 aromatic carbocycles. The molecule has 1 unspecified atom stereocenters. The first kappa shape index (κ1) is 22.2. The zero-order valence-electron chi connectivity index (χ0n) is 17.4. The second-order valence-electron chi connectivity index (χ2n) is 8.04. The standard InChI is InChI=1S/C16H29N5O.C2H6/c1-14(2,3)21-12(22)16(6,10-15(21,4)5)20(9)13(18-11-17)19(7)8;1-2/h10H2,1-9H3;1-2H3. The van der Waals surface area contributed by atoms with Gasteiger partial charge in [0, 0.05) is 38.6 Å². The van der Waals surface area contributed by atoms with Crippen LogP contribution in [0.15, 0.2) is 4.99 Å². The molecule has 1 rings (SSSR count). The normalized spacial score (nSPS) is 23.3. The molecule has 1 saturated heterocycles. The number of likely N-dealkylation sites (N-methyl/N-ethyl adjacent to an activating group) is 1. The van der Waals surface area contributed by atoms with E-state index in [1.165, 1.54) is 0 Å². The molecule has 1 heterocycles. The smallest absolute Gasteiger partial charge is 0.249 e. The van der Waals surface area contributed by atoms with Gasteiger partial charge in [0.1, 0.15) is 5.54 Å². The molecule has 0 radical (unpaired) electrons. The highest BCUT2D eigenvalue weighted by Gasteiger charge is 2.58. The van der Waals surface area contributed by atoms with E-state index in [9.17, 15) is 4.79 Å². The summed E-state index contributed by atoms with van der Waals surface area (Å²) in [6, 6.07) is 0. The highest BCUT2D eigenvalue weighted by Crippen LogP contribution is 2.43. The number of nitrogens with zero attached hydrogens (tertiary/aromatic N) is 5. The number of likely N-dealkylation sites (tertiary alicyclic amines) is 1. The molecular weight excluding hydrogens is 302 g/mol. The van der Waals surface area contributed by atoms with Gasteiger partial charge in [0.15, 0.2) is 0 Å². The molecule has 6 nitrogen and oxygen atoms in total. The fraction of sp³-hybridized carbons (Fsp3) is 0.833. The Balaban J connectivity index is 0.00000254. The fourth-order valence-electron chi connectivity index (χ4n) is 3.73. The van der Waals surface area contributed by atoms with Crippen molar-refractivity contribution in [3.63, 3.8) is 0 Å². The maximum absolute atomic E-state index is 13.2. The monoisotopic (exact) mass is 337 g/mol. The Kier molecular flexibility index (Phi) is 6.87. The third-order valence-electron chi connectivity index (χ3n) is 4.31. The largest absolute Gasteiger partial charge is 0.348 e. The highest BCUT2D eigenvalue weighted by atomic mass is 16.2. The lowest BCUT2D eigenvalue weighted by Crippen LogP contribution is -2.58. The van der Waals surface area contributed by atoms with Gasteiger partial charge < -0.3 is 14.7 Å². The number of hydrogen-bond acceptors (Lipinski definition) is 3. The number of aliphatic imine (C=N–C) groups is 1. The molecule has 0 bridgehead atoms. The van der Waals surface area contributed by atoms with Crippen molar-refractivity contribution in [3.8, 4) is 6.19 Å². The summed E-state index contributed by atoms with van der Waals surface area (Å²) in [5.74, 6) is 0.560. The van der Waals surface area contributed by atoms with E-state index in [2.05, 4.69) is 39.6 Å². The van der Waals surface area contributed by atoms with Gasteiger partial charge in [-0.25, -0.2) is 0 Å². The van der Waals surface area contributed by atoms with Gasteiger partial charge in [-0.3, -0.25) is 4.79 Å². The molecule has 0 spiro atoms. The minimum Gasteiger partial charge on any atom is -0.348 e. The van der Waals surface area contributed by atoms with E-state index < -0.39 is 5.54 Å². The molecule has 0 N–H and O–H groups in total. The molecule has 6 heteroatoms. The summed E-state index contributed by atoms with van der Waals surface area (Å²) in [5.41, 5.74) is -1.25. The summed E-state index contributed by atoms with van der Waals surface area (Å²) in [6.07, 6.45) is 2.50. The maximum atomic E-state index is 13.2. The average Bonchev–Trinajstić information content (AvgIpc) is 2.62. The van der Waals surface area contributed by atoms with Gasteiger partial charge in [0.25, 0.3) is 0 Å². The first-order valence-electron chi connectivity index (χ1n) is 8.52. The summed E-state index contributed by atoms with van der Waals surface area (Å²) >= 11 is 0. The first-order chi connectivity index (χ1) is 10.8. The Morgan fingerprint density at radius 1 is 1.21 bits per heavy atom. The summed E-state index contributed by atoms with van der Waals surface area (Å²) in [4.78, 5) is 22.6. The maximum Gasteiger partial charge on any atom is 0.249 e. The van der Waals surface area contributed by atoms with Crippen LogP contribution >= 0.6 is 0 Å². The van der Waals surface area contributed by atoms with Crippen molar-refractivity contribution in [1.82, 2.24) is 14.7 Å². The lowest BCUT2D eigenvalue weighted by atomic mass is 9.89. The number of guanidine groups is 1. The van der Waals surface area contributed by atoms with Crippen LogP contribution in [0.25, 0.3) is 0 Å². The average molecular weight is 338 g/mol. The molecule has 138 valence electrons. The molecule has 0 aromatic heterocycles. The number of amides is 1. The topological polar surface area (TPSA) is 62.9 Å². The molecule has 1 aliphatic rings. The van der Waals surface area contributed by atoms with Crippen LogP contribution in [0.2, 0.25) is 0 Å². The molecule has 0 saturated carbocycles. The van der Waals surface area contributed by atoms with Gasteiger partial charge in [-0.2, -0.15) is 5.26 Å². The third-order valence-corrected chi connectivity index (χ3v) is 4.31. The number of carbonyl (C=O) groups excluding carboxylic acids is 1. The Bertz CT molecular complexity index is 525. The Morgan fingerprint density at radius 2 is 1.67 bits per heavy atom. The number of hydrogen-bond donors (Lipinski definition) is 0. The van der Waals surface area contributed by atoms with Crippen LogP contribution in [0.5, 0.6) is 0 Å². The lowest BCUT2D eigenvalue weighted by molar-refractivity contribution is -0.142. The minimum atomic E-state index is -0.725. The van der Waals surface area contributed by atoms with Crippen LogP contribution in [-0.4, -0.2) is 64.3 Å².